The van der Waals surface area contributed by atoms with E-state index in [4.69, 9.17) is 0 Å². The lowest BCUT2D eigenvalue weighted by Crippen LogP contribution is -2.48. The van der Waals surface area contributed by atoms with Crippen LogP contribution in [0.5, 0.6) is 0 Å². The van der Waals surface area contributed by atoms with Gasteiger partial charge in [-0.15, -0.1) is 0 Å². The number of hydrogen-bond acceptors (Lipinski definition) is 6. The molecule has 0 spiro atoms. The highest BCUT2D eigenvalue weighted by molar-refractivity contribution is 7.17. The summed E-state index contributed by atoms with van der Waals surface area (Å²) in [6.07, 6.45) is 0. The van der Waals surface area contributed by atoms with Gasteiger partial charge in [-0.1, -0.05) is 11.3 Å². The van der Waals surface area contributed by atoms with Crippen molar-refractivity contribution in [3.8, 4) is 0 Å². The third kappa shape index (κ3) is 4.85. The summed E-state index contributed by atoms with van der Waals surface area (Å²) in [6, 6.07) is 6.46. The predicted molar refractivity (Wildman–Crippen MR) is 109 cm³/mol. The molecule has 1 saturated heterocycles. The molecular weight excluding hydrogens is 381 g/mol. The van der Waals surface area contributed by atoms with Crippen molar-refractivity contribution in [2.45, 2.75) is 6.92 Å². The maximum absolute atomic E-state index is 13.1. The second kappa shape index (κ2) is 8.66. The van der Waals surface area contributed by atoms with Crippen molar-refractivity contribution in [2.24, 2.45) is 0 Å². The topological polar surface area (TPSA) is 68.8 Å². The molecule has 0 radical (unpaired) electrons. The highest BCUT2D eigenvalue weighted by Gasteiger charge is 2.21. The van der Waals surface area contributed by atoms with Gasteiger partial charge < -0.3 is 15.1 Å². The van der Waals surface area contributed by atoms with Crippen LogP contribution < -0.4 is 10.2 Å². The first-order valence-corrected chi connectivity index (χ1v) is 9.87. The van der Waals surface area contributed by atoms with Crippen LogP contribution in [0.2, 0.25) is 0 Å². The van der Waals surface area contributed by atoms with Crippen molar-refractivity contribution < 1.29 is 14.0 Å². The Labute approximate surface area is 167 Å². The number of carbonyl (C=O) groups is 2. The molecule has 0 bridgehead atoms. The van der Waals surface area contributed by atoms with Crippen LogP contribution in [0.15, 0.2) is 24.3 Å². The first-order chi connectivity index (χ1) is 13.3. The zero-order valence-electron chi connectivity index (χ0n) is 16.2. The Bertz CT molecular complexity index is 845. The number of benzene rings is 1. The van der Waals surface area contributed by atoms with Crippen molar-refractivity contribution in [2.75, 3.05) is 57.0 Å². The lowest BCUT2D eigenvalue weighted by Gasteiger charge is -2.35. The number of nitrogens with one attached hydrogen (secondary N) is 1. The van der Waals surface area contributed by atoms with Gasteiger partial charge >= 0.3 is 0 Å². The summed E-state index contributed by atoms with van der Waals surface area (Å²) in [7, 11) is 3.37. The van der Waals surface area contributed by atoms with Gasteiger partial charge in [0.25, 0.3) is 5.91 Å². The van der Waals surface area contributed by atoms with E-state index in [0.29, 0.717) is 15.7 Å². The molecule has 1 aliphatic rings. The van der Waals surface area contributed by atoms with Gasteiger partial charge in [-0.05, 0) is 31.2 Å². The summed E-state index contributed by atoms with van der Waals surface area (Å²) in [5.74, 6) is -0.507. The molecule has 28 heavy (non-hydrogen) atoms. The molecule has 2 heterocycles. The minimum atomic E-state index is -0.244. The summed E-state index contributed by atoms with van der Waals surface area (Å²) < 4.78 is 13.1. The fraction of sp³-hybridized carbons (Fsp3) is 0.421. The Morgan fingerprint density at radius 1 is 1.18 bits per heavy atom. The number of carbonyl (C=O) groups excluding carboxylic acids is 2. The van der Waals surface area contributed by atoms with E-state index in [2.05, 4.69) is 20.1 Å². The zero-order chi connectivity index (χ0) is 20.3. The number of aromatic nitrogens is 1. The molecule has 1 fully saturated rings. The molecular formula is C19H24FN5O2S. The summed E-state index contributed by atoms with van der Waals surface area (Å²) in [4.78, 5) is 35.0. The van der Waals surface area contributed by atoms with E-state index < -0.39 is 0 Å². The van der Waals surface area contributed by atoms with E-state index in [1.807, 2.05) is 0 Å². The predicted octanol–water partition coefficient (Wildman–Crippen LogP) is 2.05. The van der Waals surface area contributed by atoms with E-state index in [9.17, 15) is 14.0 Å². The van der Waals surface area contributed by atoms with Crippen molar-refractivity contribution in [3.63, 3.8) is 0 Å². The van der Waals surface area contributed by atoms with E-state index in [-0.39, 0.29) is 24.2 Å². The molecule has 1 aliphatic heterocycles. The van der Waals surface area contributed by atoms with Crippen LogP contribution >= 0.6 is 11.3 Å². The third-order valence-corrected chi connectivity index (χ3v) is 5.64. The summed E-state index contributed by atoms with van der Waals surface area (Å²) in [5, 5.41) is 3.24. The van der Waals surface area contributed by atoms with Crippen LogP contribution in [0.1, 0.15) is 15.4 Å². The molecule has 9 heteroatoms. The quantitative estimate of drug-likeness (QED) is 0.825. The largest absolute Gasteiger partial charge is 0.369 e. The minimum absolute atomic E-state index is 0.118. The lowest BCUT2D eigenvalue weighted by atomic mass is 10.2. The molecule has 2 amide bonds. The Kier molecular flexibility index (Phi) is 6.25. The molecule has 1 N–H and O–H groups in total. The van der Waals surface area contributed by atoms with Gasteiger partial charge in [0.1, 0.15) is 10.7 Å². The van der Waals surface area contributed by atoms with Gasteiger partial charge in [-0.2, -0.15) is 0 Å². The van der Waals surface area contributed by atoms with Gasteiger partial charge in [0.2, 0.25) is 5.91 Å². The van der Waals surface area contributed by atoms with Crippen LogP contribution in [-0.2, 0) is 4.79 Å². The number of thiazole rings is 1. The van der Waals surface area contributed by atoms with E-state index in [1.54, 1.807) is 33.2 Å². The first kappa shape index (κ1) is 20.2. The first-order valence-electron chi connectivity index (χ1n) is 9.05. The van der Waals surface area contributed by atoms with Gasteiger partial charge in [-0.25, -0.2) is 9.37 Å². The average Bonchev–Trinajstić information content (AvgIpc) is 3.02. The summed E-state index contributed by atoms with van der Waals surface area (Å²) in [6.45, 7) is 5.07. The highest BCUT2D eigenvalue weighted by atomic mass is 32.1. The van der Waals surface area contributed by atoms with Crippen molar-refractivity contribution in [1.29, 1.82) is 0 Å². The standard InChI is InChI=1S/C19H24FN5O2S/c1-13-17(18(27)23(2)3)28-19(21-13)22-16(26)12-24-8-10-25(11-9-24)15-6-4-14(20)5-7-15/h4-7H,8-12H2,1-3H3,(H,21,22,26). The Hall–Kier alpha value is -2.52. The second-order valence-corrected chi connectivity index (χ2v) is 7.92. The summed E-state index contributed by atoms with van der Waals surface area (Å²) >= 11 is 1.19. The molecule has 7 nitrogen and oxygen atoms in total. The van der Waals surface area contributed by atoms with Crippen molar-refractivity contribution in [3.05, 3.63) is 40.7 Å². The molecule has 3 rings (SSSR count). The second-order valence-electron chi connectivity index (χ2n) is 6.92. The maximum Gasteiger partial charge on any atom is 0.265 e. The number of nitrogens with zero attached hydrogens (tertiary/aromatic N) is 4. The molecule has 0 aliphatic carbocycles. The smallest absolute Gasteiger partial charge is 0.265 e. The van der Waals surface area contributed by atoms with Crippen LogP contribution in [0.25, 0.3) is 0 Å². The van der Waals surface area contributed by atoms with Crippen LogP contribution in [-0.4, -0.2) is 73.4 Å². The summed E-state index contributed by atoms with van der Waals surface area (Å²) in [5.41, 5.74) is 1.61. The molecule has 1 aromatic heterocycles. The average molecular weight is 405 g/mol. The van der Waals surface area contributed by atoms with E-state index >= 15 is 0 Å². The van der Waals surface area contributed by atoms with Crippen LogP contribution in [0, 0.1) is 12.7 Å². The molecule has 1 aromatic carbocycles. The number of aryl methyl sites for hydroxylation is 1. The fourth-order valence-electron chi connectivity index (χ4n) is 3.03. The minimum Gasteiger partial charge on any atom is -0.369 e. The number of hydrogen-bond donors (Lipinski definition) is 1. The van der Waals surface area contributed by atoms with Crippen molar-refractivity contribution >= 4 is 34.0 Å². The Morgan fingerprint density at radius 3 is 2.43 bits per heavy atom. The highest BCUT2D eigenvalue weighted by Crippen LogP contribution is 2.23. The van der Waals surface area contributed by atoms with Crippen molar-refractivity contribution in [1.82, 2.24) is 14.8 Å². The van der Waals surface area contributed by atoms with Gasteiger partial charge in [0, 0.05) is 46.0 Å². The van der Waals surface area contributed by atoms with Gasteiger partial charge in [0.05, 0.1) is 12.2 Å². The third-order valence-electron chi connectivity index (χ3n) is 4.57. The molecule has 2 aromatic rings. The normalized spacial score (nSPS) is 14.8. The number of rotatable bonds is 5. The van der Waals surface area contributed by atoms with E-state index in [1.165, 1.54) is 28.4 Å². The molecule has 0 atom stereocenters. The number of piperazine rings is 1. The Balaban J connectivity index is 1.50. The van der Waals surface area contributed by atoms with Crippen LogP contribution in [0.3, 0.4) is 0 Å². The van der Waals surface area contributed by atoms with Crippen LogP contribution in [0.4, 0.5) is 15.2 Å². The van der Waals surface area contributed by atoms with Gasteiger partial charge in [-0.3, -0.25) is 14.5 Å². The number of halogens is 1. The molecule has 0 unspecified atom stereocenters. The number of anilines is 2. The monoisotopic (exact) mass is 405 g/mol. The lowest BCUT2D eigenvalue weighted by molar-refractivity contribution is -0.117. The fourth-order valence-corrected chi connectivity index (χ4v) is 4.03. The SMILES string of the molecule is Cc1nc(NC(=O)CN2CCN(c3ccc(F)cc3)CC2)sc1C(=O)N(C)C. The maximum atomic E-state index is 13.1. The Morgan fingerprint density at radius 2 is 1.82 bits per heavy atom. The van der Waals surface area contributed by atoms with E-state index in [0.717, 1.165) is 31.9 Å². The molecule has 150 valence electrons. The number of amides is 2. The zero-order valence-corrected chi connectivity index (χ0v) is 17.1. The molecule has 0 saturated carbocycles. The van der Waals surface area contributed by atoms with Gasteiger partial charge in [0.15, 0.2) is 5.13 Å².